The van der Waals surface area contributed by atoms with Crippen molar-refractivity contribution in [3.8, 4) is 0 Å². The summed E-state index contributed by atoms with van der Waals surface area (Å²) in [6.07, 6.45) is 4.02. The summed E-state index contributed by atoms with van der Waals surface area (Å²) in [4.78, 5) is 36.2. The number of nitrogens with one attached hydrogen (secondary N) is 2. The lowest BCUT2D eigenvalue weighted by Crippen LogP contribution is -2.43. The Morgan fingerprint density at radius 3 is 2.59 bits per heavy atom. The smallest absolute Gasteiger partial charge is 0.241 e. The van der Waals surface area contributed by atoms with Crippen molar-refractivity contribution < 1.29 is 9.59 Å². The van der Waals surface area contributed by atoms with Gasteiger partial charge in [-0.3, -0.25) is 19.6 Å². The first kappa shape index (κ1) is 25.6. The minimum absolute atomic E-state index is 0. The van der Waals surface area contributed by atoms with Crippen LogP contribution in [0.5, 0.6) is 0 Å². The van der Waals surface area contributed by atoms with Gasteiger partial charge in [-0.2, -0.15) is 0 Å². The van der Waals surface area contributed by atoms with Crippen molar-refractivity contribution in [2.24, 2.45) is 4.99 Å². The molecule has 1 aromatic heterocycles. The molecule has 1 fully saturated rings. The number of amides is 2. The van der Waals surface area contributed by atoms with E-state index in [0.717, 1.165) is 36.3 Å². The predicted octanol–water partition coefficient (Wildman–Crippen LogP) is 2.19. The number of halogens is 1. The lowest BCUT2D eigenvalue weighted by Gasteiger charge is -2.19. The molecule has 1 aliphatic rings. The van der Waals surface area contributed by atoms with Crippen LogP contribution in [0.3, 0.4) is 0 Å². The molecule has 2 amide bonds. The summed E-state index contributed by atoms with van der Waals surface area (Å²) in [5.74, 6) is 0.730. The first-order chi connectivity index (χ1) is 15.1. The summed E-state index contributed by atoms with van der Waals surface area (Å²) in [7, 11) is 3.46. The van der Waals surface area contributed by atoms with E-state index in [1.807, 2.05) is 47.4 Å². The van der Waals surface area contributed by atoms with Crippen molar-refractivity contribution in [3.63, 3.8) is 0 Å². The SMILES string of the molecule is CN=C(NCC(=O)N(C)CCc1ccccn1)NCc1ccc(N2CCCC2=O)cc1.I. The number of carbonyl (C=O) groups is 2. The number of anilines is 1. The van der Waals surface area contributed by atoms with Gasteiger partial charge in [0.05, 0.1) is 6.54 Å². The van der Waals surface area contributed by atoms with Crippen LogP contribution in [0.4, 0.5) is 5.69 Å². The number of guanidine groups is 1. The Morgan fingerprint density at radius 1 is 1.19 bits per heavy atom. The molecule has 0 spiro atoms. The number of benzene rings is 1. The molecular formula is C23H31IN6O2. The number of hydrogen-bond donors (Lipinski definition) is 2. The third-order valence-corrected chi connectivity index (χ3v) is 5.27. The van der Waals surface area contributed by atoms with Gasteiger partial charge in [-0.1, -0.05) is 18.2 Å². The summed E-state index contributed by atoms with van der Waals surface area (Å²) >= 11 is 0. The third-order valence-electron chi connectivity index (χ3n) is 5.27. The summed E-state index contributed by atoms with van der Waals surface area (Å²) in [6.45, 7) is 2.12. The maximum Gasteiger partial charge on any atom is 0.241 e. The fourth-order valence-corrected chi connectivity index (χ4v) is 3.37. The average molecular weight is 550 g/mol. The van der Waals surface area contributed by atoms with E-state index in [-0.39, 0.29) is 42.3 Å². The van der Waals surface area contributed by atoms with Gasteiger partial charge in [-0.15, -0.1) is 24.0 Å². The lowest BCUT2D eigenvalue weighted by atomic mass is 10.2. The van der Waals surface area contributed by atoms with E-state index in [1.54, 1.807) is 25.2 Å². The summed E-state index contributed by atoms with van der Waals surface area (Å²) in [5.41, 5.74) is 2.97. The Kier molecular flexibility index (Phi) is 10.4. The molecule has 32 heavy (non-hydrogen) atoms. The van der Waals surface area contributed by atoms with Crippen molar-refractivity contribution in [1.82, 2.24) is 20.5 Å². The van der Waals surface area contributed by atoms with Crippen molar-refractivity contribution in [1.29, 1.82) is 0 Å². The first-order valence-corrected chi connectivity index (χ1v) is 10.5. The predicted molar refractivity (Wildman–Crippen MR) is 137 cm³/mol. The zero-order valence-corrected chi connectivity index (χ0v) is 20.9. The Balaban J connectivity index is 0.00000363. The summed E-state index contributed by atoms with van der Waals surface area (Å²) < 4.78 is 0. The molecule has 0 aliphatic carbocycles. The summed E-state index contributed by atoms with van der Waals surface area (Å²) in [6, 6.07) is 13.7. The van der Waals surface area contributed by atoms with E-state index >= 15 is 0 Å². The molecular weight excluding hydrogens is 519 g/mol. The van der Waals surface area contributed by atoms with Gasteiger partial charge in [0.1, 0.15) is 0 Å². The zero-order chi connectivity index (χ0) is 22.1. The van der Waals surface area contributed by atoms with Crippen LogP contribution in [0.1, 0.15) is 24.1 Å². The molecule has 3 rings (SSSR count). The number of hydrogen-bond acceptors (Lipinski definition) is 4. The second-order valence-corrected chi connectivity index (χ2v) is 7.48. The Bertz CT molecular complexity index is 904. The monoisotopic (exact) mass is 550 g/mol. The Hall–Kier alpha value is -2.69. The van der Waals surface area contributed by atoms with Crippen LogP contribution in [-0.2, 0) is 22.6 Å². The molecule has 0 unspecified atom stereocenters. The average Bonchev–Trinajstić information content (AvgIpc) is 3.24. The maximum absolute atomic E-state index is 12.4. The van der Waals surface area contributed by atoms with E-state index < -0.39 is 0 Å². The van der Waals surface area contributed by atoms with Crippen LogP contribution in [0, 0.1) is 0 Å². The largest absolute Gasteiger partial charge is 0.352 e. The molecule has 0 radical (unpaired) electrons. The molecule has 0 bridgehead atoms. The maximum atomic E-state index is 12.4. The first-order valence-electron chi connectivity index (χ1n) is 10.5. The number of aromatic nitrogens is 1. The highest BCUT2D eigenvalue weighted by atomic mass is 127. The van der Waals surface area contributed by atoms with Crippen LogP contribution in [0.25, 0.3) is 0 Å². The molecule has 1 aliphatic heterocycles. The van der Waals surface area contributed by atoms with E-state index in [2.05, 4.69) is 20.6 Å². The molecule has 2 heterocycles. The van der Waals surface area contributed by atoms with E-state index in [0.29, 0.717) is 25.5 Å². The highest BCUT2D eigenvalue weighted by Gasteiger charge is 2.21. The highest BCUT2D eigenvalue weighted by molar-refractivity contribution is 14.0. The van der Waals surface area contributed by atoms with E-state index in [9.17, 15) is 9.59 Å². The molecule has 172 valence electrons. The van der Waals surface area contributed by atoms with Crippen LogP contribution in [0.15, 0.2) is 53.7 Å². The van der Waals surface area contributed by atoms with Gasteiger partial charge >= 0.3 is 0 Å². The number of rotatable bonds is 8. The molecule has 1 saturated heterocycles. The van der Waals surface area contributed by atoms with Gasteiger partial charge in [0.2, 0.25) is 11.8 Å². The number of pyridine rings is 1. The molecule has 8 nitrogen and oxygen atoms in total. The number of aliphatic imine (C=N–C) groups is 1. The van der Waals surface area contributed by atoms with Crippen molar-refractivity contribution in [2.75, 3.05) is 38.6 Å². The fourth-order valence-electron chi connectivity index (χ4n) is 3.37. The van der Waals surface area contributed by atoms with Crippen molar-refractivity contribution in [3.05, 3.63) is 59.9 Å². The molecule has 1 aromatic carbocycles. The molecule has 2 N–H and O–H groups in total. The van der Waals surface area contributed by atoms with Gasteiger partial charge in [0.25, 0.3) is 0 Å². The van der Waals surface area contributed by atoms with Crippen LogP contribution in [0.2, 0.25) is 0 Å². The third kappa shape index (κ3) is 7.47. The number of carbonyl (C=O) groups excluding carboxylic acids is 2. The van der Waals surface area contributed by atoms with Gasteiger partial charge < -0.3 is 20.4 Å². The Labute approximate surface area is 206 Å². The van der Waals surface area contributed by atoms with Crippen molar-refractivity contribution >= 4 is 47.4 Å². The van der Waals surface area contributed by atoms with Crippen molar-refractivity contribution in [2.45, 2.75) is 25.8 Å². The fraction of sp³-hybridized carbons (Fsp3) is 0.391. The van der Waals surface area contributed by atoms with Gasteiger partial charge in [-0.05, 0) is 36.2 Å². The zero-order valence-electron chi connectivity index (χ0n) is 18.6. The standard InChI is InChI=1S/C23H30N6O2.HI/c1-24-23(27-17-22(31)28(2)15-12-19-6-3-4-13-25-19)26-16-18-8-10-20(11-9-18)29-14-5-7-21(29)30;/h3-4,6,8-11,13H,5,7,12,14-17H2,1-2H3,(H2,24,26,27);1H. The number of likely N-dealkylation sites (N-methyl/N-ethyl adjacent to an activating group) is 1. The Morgan fingerprint density at radius 2 is 1.97 bits per heavy atom. The second kappa shape index (κ2) is 13.0. The normalized spacial score (nSPS) is 13.5. The minimum atomic E-state index is -0.0153. The summed E-state index contributed by atoms with van der Waals surface area (Å²) in [5, 5.41) is 6.27. The van der Waals surface area contributed by atoms with Gasteiger partial charge in [0, 0.05) is 64.1 Å². The minimum Gasteiger partial charge on any atom is -0.352 e. The topological polar surface area (TPSA) is 89.9 Å². The highest BCUT2D eigenvalue weighted by Crippen LogP contribution is 2.21. The van der Waals surface area contributed by atoms with Gasteiger partial charge in [0.15, 0.2) is 5.96 Å². The van der Waals surface area contributed by atoms with Crippen LogP contribution in [-0.4, -0.2) is 61.4 Å². The number of nitrogens with zero attached hydrogens (tertiary/aromatic N) is 4. The van der Waals surface area contributed by atoms with Crippen LogP contribution < -0.4 is 15.5 Å². The van der Waals surface area contributed by atoms with Gasteiger partial charge in [-0.25, -0.2) is 0 Å². The van der Waals surface area contributed by atoms with E-state index in [4.69, 9.17) is 0 Å². The molecule has 9 heteroatoms. The quantitative estimate of drug-likeness (QED) is 0.299. The molecule has 0 saturated carbocycles. The van der Waals surface area contributed by atoms with E-state index in [1.165, 1.54) is 0 Å². The second-order valence-electron chi connectivity index (χ2n) is 7.48. The van der Waals surface area contributed by atoms with Crippen LogP contribution >= 0.6 is 24.0 Å². The molecule has 2 aromatic rings. The molecule has 0 atom stereocenters. The lowest BCUT2D eigenvalue weighted by molar-refractivity contribution is -0.128.